The average molecular weight is 490 g/mol. The number of ether oxygens (including phenoxy) is 2. The van der Waals surface area contributed by atoms with E-state index < -0.39 is 15.9 Å². The number of carbonyl (C=O) groups is 1. The fourth-order valence-electron chi connectivity index (χ4n) is 3.41. The highest BCUT2D eigenvalue weighted by molar-refractivity contribution is 7.89. The highest BCUT2D eigenvalue weighted by atomic mass is 32.2. The van der Waals surface area contributed by atoms with Crippen LogP contribution in [0.1, 0.15) is 29.9 Å². The second-order valence-corrected chi connectivity index (χ2v) is 9.87. The van der Waals surface area contributed by atoms with Gasteiger partial charge >= 0.3 is 0 Å². The van der Waals surface area contributed by atoms with Crippen LogP contribution in [-0.4, -0.2) is 50.9 Å². The maximum atomic E-state index is 13.0. The first-order valence-electron chi connectivity index (χ1n) is 10.4. The predicted molar refractivity (Wildman–Crippen MR) is 130 cm³/mol. The number of hydrogen-bond donors (Lipinski definition) is 1. The van der Waals surface area contributed by atoms with Gasteiger partial charge in [-0.3, -0.25) is 4.79 Å². The lowest BCUT2D eigenvalue weighted by molar-refractivity contribution is 0.102. The van der Waals surface area contributed by atoms with Crippen molar-refractivity contribution in [3.63, 3.8) is 0 Å². The zero-order valence-electron chi connectivity index (χ0n) is 19.2. The number of thiazole rings is 1. The normalized spacial score (nSPS) is 11.5. The molecule has 0 bridgehead atoms. The third-order valence-electron chi connectivity index (χ3n) is 5.14. The molecule has 33 heavy (non-hydrogen) atoms. The highest BCUT2D eigenvalue weighted by Crippen LogP contribution is 2.39. The highest BCUT2D eigenvalue weighted by Gasteiger charge is 2.24. The Morgan fingerprint density at radius 2 is 1.85 bits per heavy atom. The van der Waals surface area contributed by atoms with E-state index in [1.165, 1.54) is 21.7 Å². The van der Waals surface area contributed by atoms with Gasteiger partial charge in [-0.25, -0.2) is 13.4 Å². The zero-order valence-corrected chi connectivity index (χ0v) is 20.8. The van der Waals surface area contributed by atoms with E-state index in [1.54, 1.807) is 58.6 Å². The molecule has 1 aromatic heterocycles. The summed E-state index contributed by atoms with van der Waals surface area (Å²) in [4.78, 5) is 17.5. The maximum Gasteiger partial charge on any atom is 0.275 e. The Balaban J connectivity index is 1.88. The van der Waals surface area contributed by atoms with Crippen molar-refractivity contribution in [2.75, 3.05) is 32.6 Å². The van der Waals surface area contributed by atoms with E-state index in [9.17, 15) is 13.2 Å². The number of hydrogen-bond acceptors (Lipinski definition) is 7. The molecule has 8 nitrogen and oxygen atoms in total. The first-order chi connectivity index (χ1) is 15.8. The lowest BCUT2D eigenvalue weighted by Crippen LogP contribution is -2.31. The molecule has 1 heterocycles. The molecule has 0 aliphatic carbocycles. The van der Waals surface area contributed by atoms with Crippen molar-refractivity contribution in [2.24, 2.45) is 0 Å². The van der Waals surface area contributed by atoms with Crippen molar-refractivity contribution in [3.8, 4) is 22.1 Å². The predicted octanol–water partition coefficient (Wildman–Crippen LogP) is 4.42. The number of anilines is 1. The van der Waals surface area contributed by atoms with Gasteiger partial charge in [0.1, 0.15) is 10.7 Å². The fraction of sp³-hybridized carbons (Fsp3) is 0.304. The standard InChI is InChI=1S/C23H27N3O5S2/c1-6-26(7-2)33(28,29)20-13-16(12-11-15(20)3)24-22(27)18-14-32-23(25-18)17-9-8-10-19(30-4)21(17)31-5/h8-14H,6-7H2,1-5H3,(H,24,27). The van der Waals surface area contributed by atoms with Gasteiger partial charge in [-0.1, -0.05) is 26.0 Å². The Bertz CT molecular complexity index is 1250. The van der Waals surface area contributed by atoms with Crippen molar-refractivity contribution < 1.29 is 22.7 Å². The summed E-state index contributed by atoms with van der Waals surface area (Å²) in [5.74, 6) is 0.665. The third kappa shape index (κ3) is 5.02. The Labute approximate surface area is 198 Å². The summed E-state index contributed by atoms with van der Waals surface area (Å²) in [5, 5.41) is 5.00. The van der Waals surface area contributed by atoms with Crippen LogP contribution in [-0.2, 0) is 10.0 Å². The lowest BCUT2D eigenvalue weighted by atomic mass is 10.2. The molecule has 0 saturated carbocycles. The van der Waals surface area contributed by atoms with E-state index in [-0.39, 0.29) is 10.6 Å². The fourth-order valence-corrected chi connectivity index (χ4v) is 5.94. The van der Waals surface area contributed by atoms with Crippen molar-refractivity contribution in [1.82, 2.24) is 9.29 Å². The maximum absolute atomic E-state index is 13.0. The van der Waals surface area contributed by atoms with E-state index in [2.05, 4.69) is 10.3 Å². The number of nitrogens with one attached hydrogen (secondary N) is 1. The van der Waals surface area contributed by atoms with Crippen LogP contribution in [0.4, 0.5) is 5.69 Å². The van der Waals surface area contributed by atoms with Crippen LogP contribution in [0.2, 0.25) is 0 Å². The van der Waals surface area contributed by atoms with E-state index in [0.717, 1.165) is 0 Å². The van der Waals surface area contributed by atoms with E-state index in [4.69, 9.17) is 9.47 Å². The van der Waals surface area contributed by atoms with Gasteiger partial charge in [-0.05, 0) is 36.8 Å². The molecule has 1 N–H and O–H groups in total. The summed E-state index contributed by atoms with van der Waals surface area (Å²) in [6.45, 7) is 6.04. The molecule has 3 aromatic rings. The summed E-state index contributed by atoms with van der Waals surface area (Å²) >= 11 is 1.30. The molecule has 0 spiro atoms. The molecule has 0 fully saturated rings. The Morgan fingerprint density at radius 1 is 1.12 bits per heavy atom. The minimum atomic E-state index is -3.66. The summed E-state index contributed by atoms with van der Waals surface area (Å²) < 4.78 is 38.1. The Morgan fingerprint density at radius 3 is 2.48 bits per heavy atom. The van der Waals surface area contributed by atoms with Crippen LogP contribution in [0.5, 0.6) is 11.5 Å². The number of methoxy groups -OCH3 is 2. The quantitative estimate of drug-likeness (QED) is 0.478. The molecule has 2 aromatic carbocycles. The minimum absolute atomic E-state index is 0.170. The van der Waals surface area contributed by atoms with E-state index >= 15 is 0 Å². The molecule has 0 atom stereocenters. The monoisotopic (exact) mass is 489 g/mol. The smallest absolute Gasteiger partial charge is 0.275 e. The first-order valence-corrected chi connectivity index (χ1v) is 12.7. The summed E-state index contributed by atoms with van der Waals surface area (Å²) in [5.41, 5.74) is 1.92. The number of benzene rings is 2. The van der Waals surface area contributed by atoms with Gasteiger partial charge in [0.2, 0.25) is 10.0 Å². The number of nitrogens with zero attached hydrogens (tertiary/aromatic N) is 2. The van der Waals surface area contributed by atoms with E-state index in [0.29, 0.717) is 46.4 Å². The molecule has 0 aliphatic heterocycles. The van der Waals surface area contributed by atoms with Gasteiger partial charge in [0, 0.05) is 24.2 Å². The van der Waals surface area contributed by atoms with Crippen molar-refractivity contribution >= 4 is 33.0 Å². The van der Waals surface area contributed by atoms with Crippen LogP contribution < -0.4 is 14.8 Å². The third-order valence-corrected chi connectivity index (χ3v) is 8.21. The van der Waals surface area contributed by atoms with E-state index in [1.807, 2.05) is 12.1 Å². The molecule has 3 rings (SSSR count). The molecule has 0 saturated heterocycles. The molecule has 10 heteroatoms. The molecular formula is C23H27N3O5S2. The van der Waals surface area contributed by atoms with Gasteiger partial charge in [-0.2, -0.15) is 4.31 Å². The van der Waals surface area contributed by atoms with Crippen LogP contribution in [0.25, 0.3) is 10.6 Å². The first kappa shape index (κ1) is 24.7. The zero-order chi connectivity index (χ0) is 24.2. The largest absolute Gasteiger partial charge is 0.493 e. The second kappa shape index (κ2) is 10.3. The number of rotatable bonds is 9. The van der Waals surface area contributed by atoms with Crippen molar-refractivity contribution in [3.05, 3.63) is 53.0 Å². The number of amides is 1. The molecule has 0 radical (unpaired) electrons. The van der Waals surface area contributed by atoms with Crippen LogP contribution >= 0.6 is 11.3 Å². The number of sulfonamides is 1. The van der Waals surface area contributed by atoms with Gasteiger partial charge in [-0.15, -0.1) is 11.3 Å². The van der Waals surface area contributed by atoms with Crippen molar-refractivity contribution in [2.45, 2.75) is 25.7 Å². The number of aromatic nitrogens is 1. The number of carbonyl (C=O) groups excluding carboxylic acids is 1. The van der Waals surface area contributed by atoms with Crippen LogP contribution in [0.3, 0.4) is 0 Å². The van der Waals surface area contributed by atoms with Gasteiger partial charge in [0.15, 0.2) is 11.5 Å². The van der Waals surface area contributed by atoms with Crippen LogP contribution in [0.15, 0.2) is 46.7 Å². The molecular weight excluding hydrogens is 462 g/mol. The van der Waals surface area contributed by atoms with Gasteiger partial charge < -0.3 is 14.8 Å². The SMILES string of the molecule is CCN(CC)S(=O)(=O)c1cc(NC(=O)c2csc(-c3cccc(OC)c3OC)n2)ccc1C. The summed E-state index contributed by atoms with van der Waals surface area (Å²) in [6, 6.07) is 10.3. The molecule has 176 valence electrons. The lowest BCUT2D eigenvalue weighted by Gasteiger charge is -2.20. The van der Waals surface area contributed by atoms with Gasteiger partial charge in [0.05, 0.1) is 24.7 Å². The summed E-state index contributed by atoms with van der Waals surface area (Å²) in [6.07, 6.45) is 0. The molecule has 0 unspecified atom stereocenters. The van der Waals surface area contributed by atoms with Crippen LogP contribution in [0, 0.1) is 6.92 Å². The Hall–Kier alpha value is -2.95. The molecule has 0 aliphatic rings. The van der Waals surface area contributed by atoms with Gasteiger partial charge in [0.25, 0.3) is 5.91 Å². The second-order valence-electron chi connectivity index (χ2n) is 7.10. The number of para-hydroxylation sites is 1. The topological polar surface area (TPSA) is 97.8 Å². The summed E-state index contributed by atoms with van der Waals surface area (Å²) in [7, 11) is -0.559. The number of aryl methyl sites for hydroxylation is 1. The average Bonchev–Trinajstić information content (AvgIpc) is 3.30. The Kier molecular flexibility index (Phi) is 7.72. The molecule has 1 amide bonds. The van der Waals surface area contributed by atoms with Crippen molar-refractivity contribution in [1.29, 1.82) is 0 Å². The minimum Gasteiger partial charge on any atom is -0.493 e.